The maximum absolute atomic E-state index is 15.3. The highest BCUT2D eigenvalue weighted by molar-refractivity contribution is 6.72. The molecule has 3 aliphatic heterocycles. The van der Waals surface area contributed by atoms with Gasteiger partial charge in [0.2, 0.25) is 14.3 Å². The highest BCUT2D eigenvalue weighted by atomic mass is 28.4. The van der Waals surface area contributed by atoms with E-state index in [4.69, 9.17) is 4.74 Å². The molecule has 4 N–H and O–H groups in total. The molecular weight excluding hydrogens is 405 g/mol. The smallest absolute Gasteiger partial charge is 0.261 e. The van der Waals surface area contributed by atoms with Gasteiger partial charge in [-0.2, -0.15) is 0 Å². The van der Waals surface area contributed by atoms with Crippen molar-refractivity contribution in [1.29, 1.82) is 0 Å². The molecule has 5 atom stereocenters. The lowest BCUT2D eigenvalue weighted by Crippen LogP contribution is -2.42. The topological polar surface area (TPSA) is 99.7 Å². The number of halogens is 1. The van der Waals surface area contributed by atoms with Crippen LogP contribution in [0.4, 0.5) is 15.5 Å². The molecule has 3 aliphatic rings. The number of nitrogens with one attached hydrogen (secondary N) is 3. The summed E-state index contributed by atoms with van der Waals surface area (Å²) >= 11 is 0. The van der Waals surface area contributed by atoms with E-state index in [1.165, 1.54) is 0 Å². The number of hydrogen-bond acceptors (Lipinski definition) is 5. The van der Waals surface area contributed by atoms with E-state index in [2.05, 4.69) is 16.0 Å². The number of aliphatic hydroxyl groups is 1. The number of amides is 2. The molecule has 2 saturated heterocycles. The molecule has 0 unspecified atom stereocenters. The second kappa shape index (κ2) is 7.71. The van der Waals surface area contributed by atoms with Crippen LogP contribution in [-0.4, -0.2) is 50.6 Å². The van der Waals surface area contributed by atoms with E-state index in [-0.39, 0.29) is 30.9 Å². The minimum absolute atomic E-state index is 0.104. The number of benzene rings is 1. The molecule has 1 aromatic rings. The number of anilines is 2. The molecule has 3 heterocycles. The Balaban J connectivity index is 1.69. The summed E-state index contributed by atoms with van der Waals surface area (Å²) in [6, 6.07) is 5.05. The quantitative estimate of drug-likeness (QED) is 0.421. The van der Waals surface area contributed by atoms with Gasteiger partial charge in [0.25, 0.3) is 5.91 Å². The van der Waals surface area contributed by atoms with Crippen LogP contribution in [0.1, 0.15) is 31.7 Å². The van der Waals surface area contributed by atoms with Gasteiger partial charge in [-0.05, 0) is 57.1 Å². The van der Waals surface area contributed by atoms with Gasteiger partial charge in [-0.15, -0.1) is 0 Å². The molecule has 0 saturated carbocycles. The maximum atomic E-state index is 15.3. The van der Waals surface area contributed by atoms with Gasteiger partial charge < -0.3 is 29.9 Å². The van der Waals surface area contributed by atoms with Crippen molar-refractivity contribution < 1.29 is 23.5 Å². The molecule has 30 heavy (non-hydrogen) atoms. The molecular formula is C21H30FN3O4Si. The zero-order chi connectivity index (χ0) is 21.7. The van der Waals surface area contributed by atoms with Crippen molar-refractivity contribution >= 4 is 31.6 Å². The Morgan fingerprint density at radius 3 is 2.83 bits per heavy atom. The average Bonchev–Trinajstić information content (AvgIpc) is 3.35. The van der Waals surface area contributed by atoms with Crippen LogP contribution in [0, 0.1) is 5.92 Å². The summed E-state index contributed by atoms with van der Waals surface area (Å²) in [6.07, 6.45) is 1.51. The van der Waals surface area contributed by atoms with Crippen LogP contribution < -0.4 is 16.0 Å². The molecule has 2 fully saturated rings. The molecule has 4 rings (SSSR count). The third-order valence-electron chi connectivity index (χ3n) is 6.77. The lowest BCUT2D eigenvalue weighted by atomic mass is 9.82. The van der Waals surface area contributed by atoms with E-state index in [0.29, 0.717) is 16.9 Å². The first-order valence-corrected chi connectivity index (χ1v) is 13.6. The molecule has 2 amide bonds. The van der Waals surface area contributed by atoms with Gasteiger partial charge in [0.05, 0.1) is 12.1 Å². The van der Waals surface area contributed by atoms with Gasteiger partial charge in [0, 0.05) is 35.0 Å². The predicted molar refractivity (Wildman–Crippen MR) is 114 cm³/mol. The van der Waals surface area contributed by atoms with Crippen LogP contribution in [0.3, 0.4) is 0 Å². The predicted octanol–water partition coefficient (Wildman–Crippen LogP) is 2.49. The number of ether oxygens (including phenoxy) is 1. The minimum Gasteiger partial charge on any atom is -0.396 e. The molecule has 1 spiro atoms. The van der Waals surface area contributed by atoms with Crippen molar-refractivity contribution in [3.63, 3.8) is 0 Å². The second-order valence-electron chi connectivity index (χ2n) is 9.14. The van der Waals surface area contributed by atoms with Crippen LogP contribution in [0.5, 0.6) is 0 Å². The van der Waals surface area contributed by atoms with Crippen LogP contribution in [0.25, 0.3) is 0 Å². The summed E-state index contributed by atoms with van der Waals surface area (Å²) < 4.78 is 21.6. The maximum Gasteiger partial charge on any atom is 0.261 e. The highest BCUT2D eigenvalue weighted by Crippen LogP contribution is 2.59. The number of carbonyl (C=O) groups is 2. The van der Waals surface area contributed by atoms with Crippen molar-refractivity contribution in [3.8, 4) is 0 Å². The Bertz CT molecular complexity index is 855. The summed E-state index contributed by atoms with van der Waals surface area (Å²) in [7, 11) is -3.18. The van der Waals surface area contributed by atoms with Crippen molar-refractivity contribution in [1.82, 2.24) is 5.32 Å². The first kappa shape index (κ1) is 21.4. The SMILES string of the molecule is C[C@H]1[C@H]([Si](C)(C)F)[C@@H](CCO)O[C@]12C(=O)Nc1ccc(NC(=O)[C@H]3CCCN3)cc12. The molecule has 9 heteroatoms. The van der Waals surface area contributed by atoms with Crippen molar-refractivity contribution in [3.05, 3.63) is 23.8 Å². The van der Waals surface area contributed by atoms with Crippen molar-refractivity contribution in [2.75, 3.05) is 23.8 Å². The van der Waals surface area contributed by atoms with Crippen LogP contribution in [0.15, 0.2) is 18.2 Å². The molecule has 7 nitrogen and oxygen atoms in total. The van der Waals surface area contributed by atoms with Crippen molar-refractivity contribution in [2.24, 2.45) is 5.92 Å². The molecule has 0 aliphatic carbocycles. The Kier molecular flexibility index (Phi) is 5.50. The normalized spacial score (nSPS) is 33.0. The third-order valence-corrected chi connectivity index (χ3v) is 9.23. The summed E-state index contributed by atoms with van der Waals surface area (Å²) in [5, 5.41) is 18.5. The second-order valence-corrected chi connectivity index (χ2v) is 12.9. The molecule has 164 valence electrons. The van der Waals surface area contributed by atoms with Gasteiger partial charge in [-0.1, -0.05) is 6.92 Å². The van der Waals surface area contributed by atoms with Gasteiger partial charge in [0.15, 0.2) is 5.60 Å². The zero-order valence-electron chi connectivity index (χ0n) is 17.6. The highest BCUT2D eigenvalue weighted by Gasteiger charge is 2.65. The summed E-state index contributed by atoms with van der Waals surface area (Å²) in [5.74, 6) is -0.813. The molecule has 0 aromatic heterocycles. The first-order valence-electron chi connectivity index (χ1n) is 10.7. The van der Waals surface area contributed by atoms with Gasteiger partial charge in [0.1, 0.15) is 0 Å². The summed E-state index contributed by atoms with van der Waals surface area (Å²) in [4.78, 5) is 25.6. The van der Waals surface area contributed by atoms with Crippen LogP contribution in [-0.2, 0) is 19.9 Å². The van der Waals surface area contributed by atoms with E-state index in [0.717, 1.165) is 19.4 Å². The minimum atomic E-state index is -3.18. The summed E-state index contributed by atoms with van der Waals surface area (Å²) in [6.45, 7) is 5.80. The molecule has 1 aromatic carbocycles. The number of rotatable bonds is 5. The van der Waals surface area contributed by atoms with E-state index >= 15 is 4.11 Å². The first-order chi connectivity index (χ1) is 14.2. The summed E-state index contributed by atoms with van der Waals surface area (Å²) in [5.41, 5.74) is 0.0782. The fourth-order valence-electron chi connectivity index (χ4n) is 5.48. The lowest BCUT2D eigenvalue weighted by Gasteiger charge is -2.30. The largest absolute Gasteiger partial charge is 0.396 e. The number of aliphatic hydroxyl groups excluding tert-OH is 1. The zero-order valence-corrected chi connectivity index (χ0v) is 18.6. The van der Waals surface area contributed by atoms with E-state index in [9.17, 15) is 14.7 Å². The van der Waals surface area contributed by atoms with Crippen LogP contribution >= 0.6 is 0 Å². The Morgan fingerprint density at radius 2 is 2.20 bits per heavy atom. The molecule has 0 bridgehead atoms. The number of carbonyl (C=O) groups excluding carboxylic acids is 2. The standard InChI is InChI=1S/C21H30FN3O4Si/c1-12-18(30(2,3)22)17(8-10-26)29-21(12)14-11-13(6-7-15(14)25-20(21)28)24-19(27)16-5-4-9-23-16/h6-7,11-12,16-18,23,26H,4-5,8-10H2,1-3H3,(H,24,27)(H,25,28)/t12-,16+,17+,18-,21+/m0/s1. The molecule has 0 radical (unpaired) electrons. The Labute approximate surface area is 176 Å². The van der Waals surface area contributed by atoms with Gasteiger partial charge >= 0.3 is 0 Å². The van der Waals surface area contributed by atoms with E-state index in [1.807, 2.05) is 6.92 Å². The lowest BCUT2D eigenvalue weighted by molar-refractivity contribution is -0.143. The Hall–Kier alpha value is -1.81. The van der Waals surface area contributed by atoms with Crippen LogP contribution in [0.2, 0.25) is 18.6 Å². The van der Waals surface area contributed by atoms with E-state index < -0.39 is 31.6 Å². The third kappa shape index (κ3) is 3.37. The monoisotopic (exact) mass is 435 g/mol. The van der Waals surface area contributed by atoms with Crippen molar-refractivity contribution in [2.45, 2.75) is 62.6 Å². The fourth-order valence-corrected chi connectivity index (χ4v) is 8.02. The van der Waals surface area contributed by atoms with Gasteiger partial charge in [-0.25, -0.2) is 0 Å². The average molecular weight is 436 g/mol. The fraction of sp³-hybridized carbons (Fsp3) is 0.619. The Morgan fingerprint density at radius 1 is 1.43 bits per heavy atom. The number of hydrogen-bond donors (Lipinski definition) is 4. The number of fused-ring (bicyclic) bond motifs is 2. The van der Waals surface area contributed by atoms with E-state index in [1.54, 1.807) is 31.3 Å². The van der Waals surface area contributed by atoms with Gasteiger partial charge in [-0.3, -0.25) is 9.59 Å².